The number of nitrogens with zero attached hydrogens (tertiary/aromatic N) is 2. The highest BCUT2D eigenvalue weighted by Crippen LogP contribution is 2.60. The monoisotopic (exact) mass is 287 g/mol. The van der Waals surface area contributed by atoms with Gasteiger partial charge in [-0.1, -0.05) is 0 Å². The van der Waals surface area contributed by atoms with Crippen LogP contribution in [0.15, 0.2) is 12.3 Å². The number of aromatic nitrogens is 2. The quantitative estimate of drug-likeness (QED) is 0.923. The Morgan fingerprint density at radius 1 is 1.29 bits per heavy atom. The van der Waals surface area contributed by atoms with Gasteiger partial charge in [0.2, 0.25) is 5.91 Å². The van der Waals surface area contributed by atoms with Crippen molar-refractivity contribution in [2.45, 2.75) is 44.9 Å². The van der Waals surface area contributed by atoms with Gasteiger partial charge < -0.3 is 5.32 Å². The molecule has 114 valence electrons. The maximum Gasteiger partial charge on any atom is 0.226 e. The predicted octanol–water partition coefficient (Wildman–Crippen LogP) is 2.30. The first-order valence-electron chi connectivity index (χ1n) is 8.40. The van der Waals surface area contributed by atoms with Gasteiger partial charge in [0.1, 0.15) is 0 Å². The zero-order chi connectivity index (χ0) is 14.4. The zero-order valence-corrected chi connectivity index (χ0v) is 12.8. The summed E-state index contributed by atoms with van der Waals surface area (Å²) in [6.07, 6.45) is 10.3. The minimum Gasteiger partial charge on any atom is -0.355 e. The number of amides is 1. The third-order valence-corrected chi connectivity index (χ3v) is 6.11. The van der Waals surface area contributed by atoms with E-state index in [0.717, 1.165) is 50.0 Å². The van der Waals surface area contributed by atoms with Crippen molar-refractivity contribution in [2.24, 2.45) is 30.2 Å². The third-order valence-electron chi connectivity index (χ3n) is 6.11. The Labute approximate surface area is 126 Å². The van der Waals surface area contributed by atoms with E-state index in [0.29, 0.717) is 5.91 Å². The van der Waals surface area contributed by atoms with E-state index in [1.165, 1.54) is 25.0 Å². The number of aryl methyl sites for hydroxylation is 1. The van der Waals surface area contributed by atoms with Gasteiger partial charge in [-0.25, -0.2) is 0 Å². The van der Waals surface area contributed by atoms with Crippen molar-refractivity contribution in [3.05, 3.63) is 18.0 Å². The van der Waals surface area contributed by atoms with Gasteiger partial charge in [-0.15, -0.1) is 0 Å². The fraction of sp³-hybridized carbons (Fsp3) is 0.765. The van der Waals surface area contributed by atoms with Gasteiger partial charge >= 0.3 is 0 Å². The standard InChI is InChI=1S/C17H25N3O/c1-20-15(3-5-19-20)2-4-18-16(21)17-9-12-6-13(10-17)8-14(7-12)11-17/h3,5,12-14H,2,4,6-11H2,1H3,(H,18,21). The highest BCUT2D eigenvalue weighted by atomic mass is 16.2. The van der Waals surface area contributed by atoms with E-state index in [1.54, 1.807) is 0 Å². The molecule has 0 unspecified atom stereocenters. The topological polar surface area (TPSA) is 46.9 Å². The summed E-state index contributed by atoms with van der Waals surface area (Å²) in [5.74, 6) is 2.83. The maximum absolute atomic E-state index is 12.8. The zero-order valence-electron chi connectivity index (χ0n) is 12.8. The summed E-state index contributed by atoms with van der Waals surface area (Å²) in [6, 6.07) is 2.02. The molecule has 1 heterocycles. The van der Waals surface area contributed by atoms with E-state index in [1.807, 2.05) is 24.0 Å². The summed E-state index contributed by atoms with van der Waals surface area (Å²) < 4.78 is 1.89. The van der Waals surface area contributed by atoms with E-state index < -0.39 is 0 Å². The highest BCUT2D eigenvalue weighted by Gasteiger charge is 2.54. The molecule has 4 nitrogen and oxygen atoms in total. The molecular formula is C17H25N3O. The Hall–Kier alpha value is -1.32. The number of hydrogen-bond acceptors (Lipinski definition) is 2. The first-order valence-corrected chi connectivity index (χ1v) is 8.40. The van der Waals surface area contributed by atoms with Crippen LogP contribution in [-0.4, -0.2) is 22.2 Å². The molecular weight excluding hydrogens is 262 g/mol. The Kier molecular flexibility index (Phi) is 3.09. The lowest BCUT2D eigenvalue weighted by Crippen LogP contribution is -2.53. The van der Waals surface area contributed by atoms with Gasteiger partial charge in [0, 0.05) is 37.3 Å². The lowest BCUT2D eigenvalue weighted by atomic mass is 9.49. The molecule has 4 saturated carbocycles. The fourth-order valence-electron chi connectivity index (χ4n) is 5.53. The van der Waals surface area contributed by atoms with Gasteiger partial charge in [0.05, 0.1) is 0 Å². The molecule has 5 rings (SSSR count). The molecule has 4 heteroatoms. The van der Waals surface area contributed by atoms with Gasteiger partial charge in [-0.05, 0) is 62.3 Å². The van der Waals surface area contributed by atoms with E-state index in [2.05, 4.69) is 10.4 Å². The van der Waals surface area contributed by atoms with Crippen LogP contribution in [0.1, 0.15) is 44.2 Å². The molecule has 21 heavy (non-hydrogen) atoms. The summed E-state index contributed by atoms with van der Waals surface area (Å²) in [6.45, 7) is 0.736. The minimum atomic E-state index is -0.0127. The van der Waals surface area contributed by atoms with Crippen LogP contribution in [-0.2, 0) is 18.3 Å². The molecule has 4 fully saturated rings. The van der Waals surface area contributed by atoms with Crippen molar-refractivity contribution in [1.82, 2.24) is 15.1 Å². The van der Waals surface area contributed by atoms with Crippen LogP contribution in [0.2, 0.25) is 0 Å². The van der Waals surface area contributed by atoms with Crippen LogP contribution < -0.4 is 5.32 Å². The number of hydrogen-bond donors (Lipinski definition) is 1. The fourth-order valence-corrected chi connectivity index (χ4v) is 5.53. The molecule has 4 aliphatic carbocycles. The second-order valence-electron chi connectivity index (χ2n) is 7.65. The second kappa shape index (κ2) is 4.85. The number of carbonyl (C=O) groups excluding carboxylic acids is 1. The third kappa shape index (κ3) is 2.29. The van der Waals surface area contributed by atoms with Crippen LogP contribution in [0.25, 0.3) is 0 Å². The molecule has 0 atom stereocenters. The Balaban J connectivity index is 1.38. The van der Waals surface area contributed by atoms with Gasteiger partial charge in [0.15, 0.2) is 0 Å². The lowest BCUT2D eigenvalue weighted by Gasteiger charge is -2.55. The molecule has 1 aromatic rings. The van der Waals surface area contributed by atoms with Crippen LogP contribution >= 0.6 is 0 Å². The van der Waals surface area contributed by atoms with Crippen molar-refractivity contribution >= 4 is 5.91 Å². The molecule has 0 aromatic carbocycles. The van der Waals surface area contributed by atoms with Crippen LogP contribution in [0.4, 0.5) is 0 Å². The van der Waals surface area contributed by atoms with Crippen molar-refractivity contribution in [1.29, 1.82) is 0 Å². The summed E-state index contributed by atoms with van der Waals surface area (Å²) in [4.78, 5) is 12.8. The summed E-state index contributed by atoms with van der Waals surface area (Å²) in [5.41, 5.74) is 1.17. The minimum absolute atomic E-state index is 0.0127. The predicted molar refractivity (Wildman–Crippen MR) is 80.5 cm³/mol. The van der Waals surface area contributed by atoms with Crippen molar-refractivity contribution < 1.29 is 4.79 Å². The highest BCUT2D eigenvalue weighted by molar-refractivity contribution is 5.83. The maximum atomic E-state index is 12.8. The number of rotatable bonds is 4. The molecule has 1 amide bonds. The molecule has 1 N–H and O–H groups in total. The largest absolute Gasteiger partial charge is 0.355 e. The van der Waals surface area contributed by atoms with E-state index in [4.69, 9.17) is 0 Å². The lowest BCUT2D eigenvalue weighted by molar-refractivity contribution is -0.146. The summed E-state index contributed by atoms with van der Waals surface area (Å²) in [7, 11) is 1.95. The van der Waals surface area contributed by atoms with Crippen molar-refractivity contribution in [3.8, 4) is 0 Å². The van der Waals surface area contributed by atoms with Gasteiger partial charge in [-0.2, -0.15) is 5.10 Å². The van der Waals surface area contributed by atoms with E-state index in [9.17, 15) is 4.79 Å². The van der Waals surface area contributed by atoms with E-state index in [-0.39, 0.29) is 5.41 Å². The van der Waals surface area contributed by atoms with Gasteiger partial charge in [0.25, 0.3) is 0 Å². The number of carbonyl (C=O) groups is 1. The smallest absolute Gasteiger partial charge is 0.226 e. The Morgan fingerprint density at radius 2 is 1.90 bits per heavy atom. The first kappa shape index (κ1) is 13.4. The van der Waals surface area contributed by atoms with Crippen LogP contribution in [0.3, 0.4) is 0 Å². The van der Waals surface area contributed by atoms with Crippen LogP contribution in [0, 0.1) is 23.2 Å². The summed E-state index contributed by atoms with van der Waals surface area (Å²) in [5, 5.41) is 7.40. The molecule has 1 aromatic heterocycles. The normalized spacial score (nSPS) is 36.9. The Morgan fingerprint density at radius 3 is 2.43 bits per heavy atom. The molecule has 0 saturated heterocycles. The van der Waals surface area contributed by atoms with Crippen molar-refractivity contribution in [2.75, 3.05) is 6.54 Å². The first-order chi connectivity index (χ1) is 10.1. The van der Waals surface area contributed by atoms with Crippen LogP contribution in [0.5, 0.6) is 0 Å². The molecule has 4 aliphatic rings. The van der Waals surface area contributed by atoms with E-state index >= 15 is 0 Å². The second-order valence-corrected chi connectivity index (χ2v) is 7.65. The Bertz CT molecular complexity index is 513. The van der Waals surface area contributed by atoms with Gasteiger partial charge in [-0.3, -0.25) is 9.48 Å². The number of nitrogens with one attached hydrogen (secondary N) is 1. The van der Waals surface area contributed by atoms with Crippen molar-refractivity contribution in [3.63, 3.8) is 0 Å². The molecule has 0 radical (unpaired) electrons. The average molecular weight is 287 g/mol. The SMILES string of the molecule is Cn1nccc1CCNC(=O)C12CC3CC(CC(C3)C1)C2. The molecule has 0 spiro atoms. The molecule has 4 bridgehead atoms. The summed E-state index contributed by atoms with van der Waals surface area (Å²) >= 11 is 0. The average Bonchev–Trinajstić information content (AvgIpc) is 2.83. The molecule has 0 aliphatic heterocycles.